The fourth-order valence-electron chi connectivity index (χ4n) is 4.45. The summed E-state index contributed by atoms with van der Waals surface area (Å²) >= 11 is 0. The van der Waals surface area contributed by atoms with Gasteiger partial charge in [-0.05, 0) is 31.9 Å². The molecule has 1 fully saturated rings. The third-order valence-electron chi connectivity index (χ3n) is 6.10. The molecule has 1 aromatic heterocycles. The number of amides is 2. The molecule has 1 aromatic carbocycles. The molecule has 28 heavy (non-hydrogen) atoms. The van der Waals surface area contributed by atoms with Gasteiger partial charge in [0.1, 0.15) is 5.54 Å². The molecule has 1 aliphatic carbocycles. The maximum absolute atomic E-state index is 13.4. The van der Waals surface area contributed by atoms with E-state index in [4.69, 9.17) is 4.74 Å². The van der Waals surface area contributed by atoms with Crippen molar-refractivity contribution in [2.75, 3.05) is 20.3 Å². The number of rotatable bonds is 5. The first-order valence-corrected chi connectivity index (χ1v) is 10.1. The number of hydrogen-bond donors (Lipinski definition) is 1. The highest BCUT2D eigenvalue weighted by Gasteiger charge is 2.48. The number of fused-ring (bicyclic) bond motifs is 3. The molecule has 2 aromatic rings. The van der Waals surface area contributed by atoms with Crippen molar-refractivity contribution in [3.05, 3.63) is 30.1 Å². The van der Waals surface area contributed by atoms with E-state index < -0.39 is 5.54 Å². The van der Waals surface area contributed by atoms with Crippen LogP contribution in [0.2, 0.25) is 0 Å². The van der Waals surface area contributed by atoms with Crippen molar-refractivity contribution in [3.8, 4) is 0 Å². The number of hydrogen-bond acceptors (Lipinski definition) is 4. The van der Waals surface area contributed by atoms with Gasteiger partial charge >= 0.3 is 0 Å². The van der Waals surface area contributed by atoms with E-state index in [-0.39, 0.29) is 17.9 Å². The van der Waals surface area contributed by atoms with Crippen LogP contribution in [0.3, 0.4) is 0 Å². The normalized spacial score (nSPS) is 23.1. The Balaban J connectivity index is 1.70. The first-order chi connectivity index (χ1) is 13.5. The van der Waals surface area contributed by atoms with Crippen molar-refractivity contribution >= 4 is 22.8 Å². The maximum atomic E-state index is 13.4. The molecule has 150 valence electrons. The average Bonchev–Trinajstić information content (AvgIpc) is 3.07. The van der Waals surface area contributed by atoms with Crippen LogP contribution >= 0.6 is 0 Å². The Hall–Kier alpha value is -2.41. The zero-order valence-corrected chi connectivity index (χ0v) is 16.6. The topological polar surface area (TPSA) is 76.5 Å². The van der Waals surface area contributed by atoms with Crippen LogP contribution < -0.4 is 5.32 Å². The molecule has 1 saturated carbocycles. The molecular weight excluding hydrogens is 356 g/mol. The first-order valence-electron chi connectivity index (χ1n) is 10.1. The average molecular weight is 384 g/mol. The van der Waals surface area contributed by atoms with E-state index in [2.05, 4.69) is 10.3 Å². The van der Waals surface area contributed by atoms with Gasteiger partial charge in [-0.3, -0.25) is 9.59 Å². The number of benzene rings is 1. The summed E-state index contributed by atoms with van der Waals surface area (Å²) in [6.45, 7) is 2.97. The fourth-order valence-corrected chi connectivity index (χ4v) is 4.45. The standard InChI is InChI=1S/C21H28N4O3/c1-21(20(27)22-15-8-4-3-5-9-15)14-24-17-11-7-6-10-16(17)23-18(24)19(26)25(21)12-13-28-2/h6-7,10-11,15H,3-5,8-9,12-14H2,1-2H3,(H,22,27)/t21-/m1/s1. The largest absolute Gasteiger partial charge is 0.383 e. The molecule has 0 radical (unpaired) electrons. The Morgan fingerprint density at radius 3 is 2.79 bits per heavy atom. The van der Waals surface area contributed by atoms with E-state index in [1.54, 1.807) is 12.0 Å². The Bertz CT molecular complexity index is 887. The fraction of sp³-hybridized carbons (Fsp3) is 0.571. The Kier molecular flexibility index (Phi) is 5.10. The Labute approximate surface area is 165 Å². The van der Waals surface area contributed by atoms with Crippen LogP contribution in [-0.4, -0.2) is 58.1 Å². The lowest BCUT2D eigenvalue weighted by atomic mass is 9.91. The molecule has 0 unspecified atom stereocenters. The van der Waals surface area contributed by atoms with E-state index in [9.17, 15) is 9.59 Å². The van der Waals surface area contributed by atoms with Gasteiger partial charge in [-0.15, -0.1) is 0 Å². The summed E-state index contributed by atoms with van der Waals surface area (Å²) in [5.74, 6) is 0.0772. The van der Waals surface area contributed by atoms with Crippen molar-refractivity contribution < 1.29 is 14.3 Å². The second kappa shape index (κ2) is 7.54. The molecule has 0 saturated heterocycles. The van der Waals surface area contributed by atoms with Crippen molar-refractivity contribution in [2.45, 2.75) is 57.2 Å². The monoisotopic (exact) mass is 384 g/mol. The lowest BCUT2D eigenvalue weighted by Gasteiger charge is -2.44. The molecule has 4 rings (SSSR count). The predicted molar refractivity (Wildman–Crippen MR) is 106 cm³/mol. The van der Waals surface area contributed by atoms with Gasteiger partial charge in [0.15, 0.2) is 5.82 Å². The van der Waals surface area contributed by atoms with E-state index in [0.717, 1.165) is 36.7 Å². The van der Waals surface area contributed by atoms with Gasteiger partial charge in [-0.2, -0.15) is 0 Å². The number of nitrogens with one attached hydrogen (secondary N) is 1. The van der Waals surface area contributed by atoms with Crippen LogP contribution in [0.25, 0.3) is 11.0 Å². The van der Waals surface area contributed by atoms with Crippen LogP contribution in [-0.2, 0) is 16.1 Å². The van der Waals surface area contributed by atoms with Gasteiger partial charge < -0.3 is 19.5 Å². The van der Waals surface area contributed by atoms with Crippen LogP contribution in [0, 0.1) is 0 Å². The first kappa shape index (κ1) is 18.9. The zero-order chi connectivity index (χ0) is 19.7. The van der Waals surface area contributed by atoms with Crippen LogP contribution in [0.15, 0.2) is 24.3 Å². The number of imidazole rings is 1. The van der Waals surface area contributed by atoms with Gasteiger partial charge in [0.2, 0.25) is 5.91 Å². The molecule has 0 spiro atoms. The number of ether oxygens (including phenoxy) is 1. The van der Waals surface area contributed by atoms with Gasteiger partial charge in [0.05, 0.1) is 24.2 Å². The second-order valence-electron chi connectivity index (χ2n) is 8.04. The minimum atomic E-state index is -0.983. The minimum absolute atomic E-state index is 0.0905. The van der Waals surface area contributed by atoms with Crippen LogP contribution in [0.1, 0.15) is 49.6 Å². The highest BCUT2D eigenvalue weighted by Crippen LogP contribution is 2.31. The SMILES string of the molecule is COCCN1C(=O)c2nc3ccccc3n2C[C@]1(C)C(=O)NC1CCCCC1. The van der Waals surface area contributed by atoms with Crippen molar-refractivity contribution in [2.24, 2.45) is 0 Å². The molecule has 2 aliphatic rings. The molecule has 7 heteroatoms. The lowest BCUT2D eigenvalue weighted by molar-refractivity contribution is -0.134. The predicted octanol–water partition coefficient (Wildman–Crippen LogP) is 2.35. The highest BCUT2D eigenvalue weighted by atomic mass is 16.5. The maximum Gasteiger partial charge on any atom is 0.290 e. The van der Waals surface area contributed by atoms with E-state index in [1.807, 2.05) is 35.8 Å². The summed E-state index contributed by atoms with van der Waals surface area (Å²) < 4.78 is 7.10. The summed E-state index contributed by atoms with van der Waals surface area (Å²) in [6, 6.07) is 7.87. The van der Waals surface area contributed by atoms with Gasteiger partial charge in [0.25, 0.3) is 5.91 Å². The van der Waals surface area contributed by atoms with Crippen molar-refractivity contribution in [1.82, 2.24) is 19.8 Å². The number of carbonyl (C=O) groups is 2. The molecule has 7 nitrogen and oxygen atoms in total. The number of para-hydroxylation sites is 2. The molecule has 2 heterocycles. The molecule has 0 bridgehead atoms. The summed E-state index contributed by atoms with van der Waals surface area (Å²) in [7, 11) is 1.60. The molecular formula is C21H28N4O3. The van der Waals surface area contributed by atoms with E-state index in [1.165, 1.54) is 6.42 Å². The Morgan fingerprint density at radius 2 is 2.04 bits per heavy atom. The highest BCUT2D eigenvalue weighted by molar-refractivity contribution is 6.01. The number of nitrogens with zero attached hydrogens (tertiary/aromatic N) is 3. The van der Waals surface area contributed by atoms with Gasteiger partial charge in [0, 0.05) is 19.7 Å². The number of methoxy groups -OCH3 is 1. The summed E-state index contributed by atoms with van der Waals surface area (Å²) in [4.78, 5) is 32.9. The summed E-state index contributed by atoms with van der Waals surface area (Å²) in [5, 5.41) is 3.22. The minimum Gasteiger partial charge on any atom is -0.383 e. The zero-order valence-electron chi connectivity index (χ0n) is 16.6. The van der Waals surface area contributed by atoms with Gasteiger partial charge in [-0.1, -0.05) is 31.4 Å². The Morgan fingerprint density at radius 1 is 1.29 bits per heavy atom. The molecule has 2 amide bonds. The quantitative estimate of drug-likeness (QED) is 0.859. The van der Waals surface area contributed by atoms with E-state index >= 15 is 0 Å². The van der Waals surface area contributed by atoms with Crippen LogP contribution in [0.5, 0.6) is 0 Å². The van der Waals surface area contributed by atoms with E-state index in [0.29, 0.717) is 25.5 Å². The number of aromatic nitrogens is 2. The third kappa shape index (κ3) is 3.17. The van der Waals surface area contributed by atoms with Crippen LogP contribution in [0.4, 0.5) is 0 Å². The molecule has 1 N–H and O–H groups in total. The third-order valence-corrected chi connectivity index (χ3v) is 6.10. The summed E-state index contributed by atoms with van der Waals surface area (Å²) in [6.07, 6.45) is 5.53. The smallest absolute Gasteiger partial charge is 0.290 e. The van der Waals surface area contributed by atoms with Crippen molar-refractivity contribution in [3.63, 3.8) is 0 Å². The van der Waals surface area contributed by atoms with Gasteiger partial charge in [-0.25, -0.2) is 4.98 Å². The number of carbonyl (C=O) groups excluding carboxylic acids is 2. The summed E-state index contributed by atoms with van der Waals surface area (Å²) in [5.41, 5.74) is 0.673. The second-order valence-corrected chi connectivity index (χ2v) is 8.04. The molecule has 1 aliphatic heterocycles. The van der Waals surface area contributed by atoms with Crippen molar-refractivity contribution in [1.29, 1.82) is 0 Å². The lowest BCUT2D eigenvalue weighted by Crippen LogP contribution is -2.65. The molecule has 1 atom stereocenters.